The van der Waals surface area contributed by atoms with Crippen molar-refractivity contribution >= 4 is 21.7 Å². The fourth-order valence-electron chi connectivity index (χ4n) is 2.61. The highest BCUT2D eigenvalue weighted by atomic mass is 32.2. The number of para-hydroxylation sites is 1. The Kier molecular flexibility index (Phi) is 9.70. The van der Waals surface area contributed by atoms with Gasteiger partial charge in [-0.05, 0) is 30.9 Å². The fraction of sp³-hybridized carbons (Fsp3) is 0.650. The van der Waals surface area contributed by atoms with Gasteiger partial charge in [0.1, 0.15) is 0 Å². The van der Waals surface area contributed by atoms with E-state index in [2.05, 4.69) is 13.8 Å². The van der Waals surface area contributed by atoms with Gasteiger partial charge in [0.15, 0.2) is 0 Å². The van der Waals surface area contributed by atoms with Crippen LogP contribution in [-0.4, -0.2) is 33.8 Å². The third-order valence-electron chi connectivity index (χ3n) is 4.30. The van der Waals surface area contributed by atoms with E-state index in [-0.39, 0.29) is 11.3 Å². The van der Waals surface area contributed by atoms with Crippen LogP contribution in [0.3, 0.4) is 0 Å². The number of nitrogens with zero attached hydrogens (tertiary/aromatic N) is 1. The van der Waals surface area contributed by atoms with E-state index < -0.39 is 16.0 Å². The summed E-state index contributed by atoms with van der Waals surface area (Å²) in [4.78, 5) is 12.4. The number of rotatable bonds is 12. The van der Waals surface area contributed by atoms with Crippen LogP contribution in [0.4, 0.5) is 5.69 Å². The van der Waals surface area contributed by atoms with Crippen molar-refractivity contribution in [2.45, 2.75) is 59.3 Å². The molecule has 6 heteroatoms. The first-order valence-electron chi connectivity index (χ1n) is 9.52. The Morgan fingerprint density at radius 2 is 1.81 bits per heavy atom. The van der Waals surface area contributed by atoms with Crippen LogP contribution in [0.5, 0.6) is 0 Å². The number of esters is 1. The lowest BCUT2D eigenvalue weighted by Crippen LogP contribution is -2.30. The third-order valence-corrected chi connectivity index (χ3v) is 6.13. The average molecular weight is 384 g/mol. The van der Waals surface area contributed by atoms with Crippen molar-refractivity contribution in [1.82, 2.24) is 0 Å². The maximum Gasteiger partial charge on any atom is 0.340 e. The number of carbonyl (C=O) groups is 1. The number of ether oxygens (including phenoxy) is 1. The molecule has 0 aromatic heterocycles. The minimum absolute atomic E-state index is 0.0687. The van der Waals surface area contributed by atoms with Crippen molar-refractivity contribution in [3.63, 3.8) is 0 Å². The van der Waals surface area contributed by atoms with Crippen molar-refractivity contribution < 1.29 is 17.9 Å². The molecule has 148 valence electrons. The normalized spacial score (nSPS) is 11.6. The van der Waals surface area contributed by atoms with Gasteiger partial charge in [0.2, 0.25) is 10.0 Å². The van der Waals surface area contributed by atoms with Crippen molar-refractivity contribution in [2.24, 2.45) is 5.92 Å². The highest BCUT2D eigenvalue weighted by Crippen LogP contribution is 2.23. The van der Waals surface area contributed by atoms with Crippen molar-refractivity contribution in [2.75, 3.05) is 23.7 Å². The van der Waals surface area contributed by atoms with E-state index in [0.717, 1.165) is 25.7 Å². The molecule has 0 aliphatic carbocycles. The van der Waals surface area contributed by atoms with Crippen LogP contribution in [0.2, 0.25) is 0 Å². The molecule has 0 radical (unpaired) electrons. The maximum atomic E-state index is 12.4. The predicted molar refractivity (Wildman–Crippen MR) is 107 cm³/mol. The Morgan fingerprint density at radius 1 is 1.12 bits per heavy atom. The summed E-state index contributed by atoms with van der Waals surface area (Å²) in [5.74, 6) is 0.288. The number of unbranched alkanes of at least 4 members (excludes halogenated alkanes) is 3. The number of hydrogen-bond donors (Lipinski definition) is 0. The van der Waals surface area contributed by atoms with E-state index in [1.54, 1.807) is 24.3 Å². The first-order valence-corrected chi connectivity index (χ1v) is 11.1. The topological polar surface area (TPSA) is 63.7 Å². The van der Waals surface area contributed by atoms with Gasteiger partial charge in [0.05, 0.1) is 23.6 Å². The van der Waals surface area contributed by atoms with E-state index in [1.807, 2.05) is 6.92 Å². The second-order valence-electron chi connectivity index (χ2n) is 7.03. The summed E-state index contributed by atoms with van der Waals surface area (Å²) >= 11 is 0. The maximum absolute atomic E-state index is 12.4. The summed E-state index contributed by atoms with van der Waals surface area (Å²) in [6.07, 6.45) is 5.55. The number of hydrogen-bond acceptors (Lipinski definition) is 4. The smallest absolute Gasteiger partial charge is 0.340 e. The summed E-state index contributed by atoms with van der Waals surface area (Å²) in [6, 6.07) is 6.70. The second-order valence-corrected chi connectivity index (χ2v) is 9.15. The van der Waals surface area contributed by atoms with Gasteiger partial charge in [-0.3, -0.25) is 4.31 Å². The molecule has 0 bridgehead atoms. The van der Waals surface area contributed by atoms with Crippen LogP contribution in [0.25, 0.3) is 0 Å². The van der Waals surface area contributed by atoms with Gasteiger partial charge in [-0.15, -0.1) is 0 Å². The summed E-state index contributed by atoms with van der Waals surface area (Å²) in [5.41, 5.74) is 0.658. The lowest BCUT2D eigenvalue weighted by molar-refractivity contribution is 0.0498. The molecule has 1 aromatic carbocycles. The Hall–Kier alpha value is -1.56. The van der Waals surface area contributed by atoms with Crippen LogP contribution < -0.4 is 4.31 Å². The van der Waals surface area contributed by atoms with Gasteiger partial charge >= 0.3 is 5.97 Å². The predicted octanol–water partition coefficient (Wildman–Crippen LogP) is 4.63. The minimum Gasteiger partial charge on any atom is -0.462 e. The monoisotopic (exact) mass is 383 g/mol. The molecule has 0 unspecified atom stereocenters. The van der Waals surface area contributed by atoms with Crippen LogP contribution >= 0.6 is 0 Å². The summed E-state index contributed by atoms with van der Waals surface area (Å²) in [7, 11) is -1.96. The van der Waals surface area contributed by atoms with Gasteiger partial charge in [-0.1, -0.05) is 58.6 Å². The molecule has 0 heterocycles. The third kappa shape index (κ3) is 7.36. The van der Waals surface area contributed by atoms with Crippen LogP contribution in [0.1, 0.15) is 69.7 Å². The number of sulfonamides is 1. The number of carbonyl (C=O) groups excluding carboxylic acids is 1. The Bertz CT molecular complexity index is 656. The molecule has 0 saturated heterocycles. The molecule has 0 fully saturated rings. The molecule has 26 heavy (non-hydrogen) atoms. The molecule has 0 amide bonds. The van der Waals surface area contributed by atoms with Crippen molar-refractivity contribution in [1.29, 1.82) is 0 Å². The number of anilines is 1. The molecular formula is C20H33NO4S. The SMILES string of the molecule is CCCCS(=O)(=O)N(C)c1ccccc1C(=O)OCCCCCC(C)C. The molecule has 0 aliphatic heterocycles. The van der Waals surface area contributed by atoms with Gasteiger partial charge in [0.25, 0.3) is 0 Å². The van der Waals surface area contributed by atoms with Crippen molar-refractivity contribution in [3.8, 4) is 0 Å². The van der Waals surface area contributed by atoms with Gasteiger partial charge in [0, 0.05) is 7.05 Å². The molecule has 0 saturated carbocycles. The van der Waals surface area contributed by atoms with E-state index in [9.17, 15) is 13.2 Å². The fourth-order valence-corrected chi connectivity index (χ4v) is 3.99. The van der Waals surface area contributed by atoms with Gasteiger partial charge in [-0.25, -0.2) is 13.2 Å². The van der Waals surface area contributed by atoms with E-state index >= 15 is 0 Å². The second kappa shape index (κ2) is 11.2. The zero-order valence-electron chi connectivity index (χ0n) is 16.5. The summed E-state index contributed by atoms with van der Waals surface area (Å²) < 4.78 is 31.4. The lowest BCUT2D eigenvalue weighted by atomic mass is 10.1. The first kappa shape index (κ1) is 22.5. The van der Waals surface area contributed by atoms with E-state index in [4.69, 9.17) is 4.74 Å². The number of benzene rings is 1. The van der Waals surface area contributed by atoms with Crippen molar-refractivity contribution in [3.05, 3.63) is 29.8 Å². The molecule has 0 atom stereocenters. The molecule has 0 aliphatic rings. The Balaban J connectivity index is 2.69. The molecular weight excluding hydrogens is 350 g/mol. The average Bonchev–Trinajstić information content (AvgIpc) is 2.61. The minimum atomic E-state index is -3.45. The van der Waals surface area contributed by atoms with E-state index in [0.29, 0.717) is 24.6 Å². The molecule has 0 N–H and O–H groups in total. The zero-order valence-corrected chi connectivity index (χ0v) is 17.3. The summed E-state index contributed by atoms with van der Waals surface area (Å²) in [5, 5.41) is 0. The van der Waals surface area contributed by atoms with Gasteiger partial charge < -0.3 is 4.74 Å². The molecule has 1 rings (SSSR count). The first-order chi connectivity index (χ1) is 12.3. The molecule has 0 spiro atoms. The molecule has 1 aromatic rings. The highest BCUT2D eigenvalue weighted by Gasteiger charge is 2.23. The van der Waals surface area contributed by atoms with Crippen LogP contribution in [0, 0.1) is 5.92 Å². The Morgan fingerprint density at radius 3 is 2.46 bits per heavy atom. The zero-order chi connectivity index (χ0) is 19.6. The standard InChI is InChI=1S/C20H33NO4S/c1-5-6-16-26(23,24)21(4)19-14-10-9-13-18(19)20(22)25-15-11-7-8-12-17(2)3/h9-10,13-14,17H,5-8,11-12,15-16H2,1-4H3. The quantitative estimate of drug-likeness (QED) is 0.390. The van der Waals surface area contributed by atoms with Crippen LogP contribution in [-0.2, 0) is 14.8 Å². The largest absolute Gasteiger partial charge is 0.462 e. The van der Waals surface area contributed by atoms with E-state index in [1.165, 1.54) is 17.8 Å². The lowest BCUT2D eigenvalue weighted by Gasteiger charge is -2.21. The van der Waals surface area contributed by atoms with Gasteiger partial charge in [-0.2, -0.15) is 0 Å². The highest BCUT2D eigenvalue weighted by molar-refractivity contribution is 7.92. The Labute approximate surface area is 158 Å². The van der Waals surface area contributed by atoms with Crippen LogP contribution in [0.15, 0.2) is 24.3 Å². The molecule has 5 nitrogen and oxygen atoms in total. The summed E-state index contributed by atoms with van der Waals surface area (Å²) in [6.45, 7) is 6.70.